The smallest absolute Gasteiger partial charge is 0.191 e. The number of nitrogens with one attached hydrogen (secondary N) is 2. The molecule has 0 saturated heterocycles. The van der Waals surface area contributed by atoms with Gasteiger partial charge < -0.3 is 20.1 Å². The Morgan fingerprint density at radius 3 is 2.62 bits per heavy atom. The van der Waals surface area contributed by atoms with Crippen LogP contribution in [0.4, 0.5) is 0 Å². The van der Waals surface area contributed by atoms with Crippen LogP contribution in [0, 0.1) is 0 Å². The zero-order valence-corrected chi connectivity index (χ0v) is 16.5. The van der Waals surface area contributed by atoms with Gasteiger partial charge in [0.05, 0.1) is 13.7 Å². The lowest BCUT2D eigenvalue weighted by molar-refractivity contribution is 0.145. The van der Waals surface area contributed by atoms with Crippen LogP contribution >= 0.6 is 11.3 Å². The molecule has 0 amide bonds. The SMILES string of the molecule is CCOCCCNC(=NCc1ccc(OC)cc1)NCCc1cccs1. The van der Waals surface area contributed by atoms with Crippen LogP contribution in [-0.4, -0.2) is 39.4 Å². The molecule has 2 aromatic rings. The van der Waals surface area contributed by atoms with Crippen molar-refractivity contribution in [1.29, 1.82) is 0 Å². The lowest BCUT2D eigenvalue weighted by Crippen LogP contribution is -2.39. The monoisotopic (exact) mass is 375 g/mol. The van der Waals surface area contributed by atoms with Crippen molar-refractivity contribution in [3.05, 3.63) is 52.2 Å². The highest BCUT2D eigenvalue weighted by molar-refractivity contribution is 7.09. The predicted molar refractivity (Wildman–Crippen MR) is 109 cm³/mol. The zero-order valence-electron chi connectivity index (χ0n) is 15.7. The summed E-state index contributed by atoms with van der Waals surface area (Å²) in [5, 5.41) is 8.92. The quantitative estimate of drug-likeness (QED) is 0.359. The number of hydrogen-bond donors (Lipinski definition) is 2. The van der Waals surface area contributed by atoms with Gasteiger partial charge in [-0.2, -0.15) is 0 Å². The van der Waals surface area contributed by atoms with Gasteiger partial charge in [-0.1, -0.05) is 18.2 Å². The number of ether oxygens (including phenoxy) is 2. The molecule has 6 heteroatoms. The number of rotatable bonds is 11. The van der Waals surface area contributed by atoms with Crippen molar-refractivity contribution in [1.82, 2.24) is 10.6 Å². The summed E-state index contributed by atoms with van der Waals surface area (Å²) < 4.78 is 10.6. The molecule has 142 valence electrons. The first-order valence-electron chi connectivity index (χ1n) is 9.07. The molecule has 0 radical (unpaired) electrons. The summed E-state index contributed by atoms with van der Waals surface area (Å²) in [6.45, 7) is 5.88. The Morgan fingerprint density at radius 1 is 1.12 bits per heavy atom. The minimum absolute atomic E-state index is 0.629. The van der Waals surface area contributed by atoms with Gasteiger partial charge in [-0.15, -0.1) is 11.3 Å². The molecule has 0 unspecified atom stereocenters. The Morgan fingerprint density at radius 2 is 1.92 bits per heavy atom. The topological polar surface area (TPSA) is 54.9 Å². The summed E-state index contributed by atoms with van der Waals surface area (Å²) >= 11 is 1.79. The summed E-state index contributed by atoms with van der Waals surface area (Å²) in [5.41, 5.74) is 1.15. The van der Waals surface area contributed by atoms with E-state index in [1.807, 2.05) is 31.2 Å². The van der Waals surface area contributed by atoms with Gasteiger partial charge in [-0.25, -0.2) is 4.99 Å². The maximum Gasteiger partial charge on any atom is 0.191 e. The molecule has 0 aliphatic rings. The predicted octanol–water partition coefficient (Wildman–Crippen LogP) is 3.46. The first kappa shape index (κ1) is 20.3. The molecule has 0 fully saturated rings. The van der Waals surface area contributed by atoms with Crippen molar-refractivity contribution in [2.45, 2.75) is 26.3 Å². The maximum atomic E-state index is 5.39. The first-order valence-corrected chi connectivity index (χ1v) is 9.95. The number of aliphatic imine (C=N–C) groups is 1. The van der Waals surface area contributed by atoms with Crippen LogP contribution in [0.15, 0.2) is 46.8 Å². The second-order valence-corrected chi connectivity index (χ2v) is 6.78. The van der Waals surface area contributed by atoms with E-state index in [-0.39, 0.29) is 0 Å². The third kappa shape index (κ3) is 7.89. The summed E-state index contributed by atoms with van der Waals surface area (Å²) in [4.78, 5) is 6.08. The molecule has 26 heavy (non-hydrogen) atoms. The highest BCUT2D eigenvalue weighted by atomic mass is 32.1. The number of methoxy groups -OCH3 is 1. The molecule has 5 nitrogen and oxygen atoms in total. The van der Waals surface area contributed by atoms with Gasteiger partial charge in [0.1, 0.15) is 5.75 Å². The van der Waals surface area contributed by atoms with E-state index in [1.165, 1.54) is 4.88 Å². The molecule has 0 aliphatic carbocycles. The average molecular weight is 376 g/mol. The van der Waals surface area contributed by atoms with Crippen LogP contribution in [0.3, 0.4) is 0 Å². The summed E-state index contributed by atoms with van der Waals surface area (Å²) in [6, 6.07) is 12.3. The number of guanidine groups is 1. The number of hydrogen-bond acceptors (Lipinski definition) is 4. The van der Waals surface area contributed by atoms with E-state index in [2.05, 4.69) is 28.1 Å². The normalized spacial score (nSPS) is 11.4. The average Bonchev–Trinajstić information content (AvgIpc) is 3.19. The molecule has 1 heterocycles. The molecular formula is C20H29N3O2S. The Bertz CT molecular complexity index is 627. The minimum atomic E-state index is 0.629. The van der Waals surface area contributed by atoms with Crippen molar-refractivity contribution < 1.29 is 9.47 Å². The number of nitrogens with zero attached hydrogens (tertiary/aromatic N) is 1. The lowest BCUT2D eigenvalue weighted by Gasteiger charge is -2.12. The van der Waals surface area contributed by atoms with Gasteiger partial charge >= 0.3 is 0 Å². The Balaban J connectivity index is 1.84. The fourth-order valence-electron chi connectivity index (χ4n) is 2.36. The maximum absolute atomic E-state index is 5.39. The van der Waals surface area contributed by atoms with Crippen LogP contribution in [0.5, 0.6) is 5.75 Å². The molecule has 1 aromatic carbocycles. The second kappa shape index (κ2) is 12.3. The third-order valence-electron chi connectivity index (χ3n) is 3.78. The Hall–Kier alpha value is -2.05. The van der Waals surface area contributed by atoms with Gasteiger partial charge in [-0.05, 0) is 48.9 Å². The largest absolute Gasteiger partial charge is 0.497 e. The van der Waals surface area contributed by atoms with Crippen molar-refractivity contribution >= 4 is 17.3 Å². The molecule has 1 aromatic heterocycles. The lowest BCUT2D eigenvalue weighted by atomic mass is 10.2. The molecule has 0 saturated carbocycles. The van der Waals surface area contributed by atoms with E-state index < -0.39 is 0 Å². The number of benzene rings is 1. The molecule has 2 N–H and O–H groups in total. The van der Waals surface area contributed by atoms with Crippen LogP contribution in [0.25, 0.3) is 0 Å². The first-order chi connectivity index (χ1) is 12.8. The standard InChI is InChI=1S/C20H29N3O2S/c1-3-25-14-5-12-21-20(22-13-11-19-6-4-15-26-19)23-16-17-7-9-18(24-2)10-8-17/h4,6-10,15H,3,5,11-14,16H2,1-2H3,(H2,21,22,23). The summed E-state index contributed by atoms with van der Waals surface area (Å²) in [7, 11) is 1.68. The van der Waals surface area contributed by atoms with Crippen molar-refractivity contribution in [3.8, 4) is 5.75 Å². The van der Waals surface area contributed by atoms with Gasteiger partial charge in [0.2, 0.25) is 0 Å². The van der Waals surface area contributed by atoms with Crippen LogP contribution < -0.4 is 15.4 Å². The molecule has 0 aliphatic heterocycles. The van der Waals surface area contributed by atoms with Crippen molar-refractivity contribution in [3.63, 3.8) is 0 Å². The Kier molecular flexibility index (Phi) is 9.61. The summed E-state index contributed by atoms with van der Waals surface area (Å²) in [5.74, 6) is 1.70. The second-order valence-electron chi connectivity index (χ2n) is 5.75. The highest BCUT2D eigenvalue weighted by Gasteiger charge is 2.01. The summed E-state index contributed by atoms with van der Waals surface area (Å²) in [6.07, 6.45) is 1.96. The zero-order chi connectivity index (χ0) is 18.5. The van der Waals surface area contributed by atoms with Crippen LogP contribution in [-0.2, 0) is 17.7 Å². The molecule has 0 atom stereocenters. The van der Waals surface area contributed by atoms with Gasteiger partial charge in [-0.3, -0.25) is 0 Å². The van der Waals surface area contributed by atoms with Crippen molar-refractivity contribution in [2.75, 3.05) is 33.4 Å². The van der Waals surface area contributed by atoms with E-state index in [9.17, 15) is 0 Å². The minimum Gasteiger partial charge on any atom is -0.497 e. The highest BCUT2D eigenvalue weighted by Crippen LogP contribution is 2.12. The van der Waals surface area contributed by atoms with Crippen LogP contribution in [0.2, 0.25) is 0 Å². The van der Waals surface area contributed by atoms with Crippen LogP contribution in [0.1, 0.15) is 23.8 Å². The third-order valence-corrected chi connectivity index (χ3v) is 4.72. The molecular weight excluding hydrogens is 346 g/mol. The molecule has 0 bridgehead atoms. The van der Waals surface area contributed by atoms with E-state index >= 15 is 0 Å². The van der Waals surface area contributed by atoms with E-state index in [4.69, 9.17) is 14.5 Å². The van der Waals surface area contributed by atoms with E-state index in [0.29, 0.717) is 6.54 Å². The fourth-order valence-corrected chi connectivity index (χ4v) is 3.07. The van der Waals surface area contributed by atoms with E-state index in [0.717, 1.165) is 56.4 Å². The van der Waals surface area contributed by atoms with Crippen molar-refractivity contribution in [2.24, 2.45) is 4.99 Å². The molecule has 0 spiro atoms. The number of thiophene rings is 1. The Labute approximate surface area is 160 Å². The van der Waals surface area contributed by atoms with E-state index in [1.54, 1.807) is 18.4 Å². The molecule has 2 rings (SSSR count). The fraction of sp³-hybridized carbons (Fsp3) is 0.450. The van der Waals surface area contributed by atoms with Gasteiger partial charge in [0, 0.05) is 31.2 Å². The van der Waals surface area contributed by atoms with Gasteiger partial charge in [0.25, 0.3) is 0 Å². The van der Waals surface area contributed by atoms with Gasteiger partial charge in [0.15, 0.2) is 5.96 Å².